The Morgan fingerprint density at radius 2 is 2.25 bits per heavy atom. The Morgan fingerprint density at radius 3 is 3.00 bits per heavy atom. The number of aryl methyl sites for hydroxylation is 2. The zero-order valence-corrected chi connectivity index (χ0v) is 8.71. The highest BCUT2D eigenvalue weighted by atomic mass is 16.4. The van der Waals surface area contributed by atoms with Crippen LogP contribution >= 0.6 is 0 Å². The first-order chi connectivity index (χ1) is 7.88. The number of oxime groups is 1. The van der Waals surface area contributed by atoms with Crippen molar-refractivity contribution in [2.75, 3.05) is 0 Å². The summed E-state index contributed by atoms with van der Waals surface area (Å²) in [6, 6.07) is 7.61. The van der Waals surface area contributed by atoms with Gasteiger partial charge in [0.2, 0.25) is 0 Å². The van der Waals surface area contributed by atoms with Crippen LogP contribution in [0.2, 0.25) is 0 Å². The first kappa shape index (κ1) is 10.4. The molecule has 0 aliphatic rings. The van der Waals surface area contributed by atoms with Gasteiger partial charge in [-0.2, -0.15) is 0 Å². The van der Waals surface area contributed by atoms with Crippen LogP contribution in [-0.4, -0.2) is 16.4 Å². The Kier molecular flexibility index (Phi) is 3.33. The molecular formula is C12H12N2O2. The molecule has 0 spiro atoms. The number of aromatic nitrogens is 1. The molecule has 2 aromatic heterocycles. The molecule has 0 amide bonds. The molecule has 2 heterocycles. The molecule has 0 unspecified atom stereocenters. The lowest BCUT2D eigenvalue weighted by Crippen LogP contribution is -1.89. The lowest BCUT2D eigenvalue weighted by atomic mass is 10.1. The zero-order valence-electron chi connectivity index (χ0n) is 8.71. The predicted octanol–water partition coefficient (Wildman–Crippen LogP) is 2.27. The second-order valence-electron chi connectivity index (χ2n) is 3.41. The minimum atomic E-state index is 0.559. The quantitative estimate of drug-likeness (QED) is 0.484. The minimum absolute atomic E-state index is 0.559. The first-order valence-corrected chi connectivity index (χ1v) is 5.03. The second kappa shape index (κ2) is 5.11. The van der Waals surface area contributed by atoms with Crippen molar-refractivity contribution in [2.24, 2.45) is 5.16 Å². The van der Waals surface area contributed by atoms with Gasteiger partial charge in [0.1, 0.15) is 17.7 Å². The van der Waals surface area contributed by atoms with Gasteiger partial charge in [0, 0.05) is 18.8 Å². The van der Waals surface area contributed by atoms with Crippen LogP contribution in [0.15, 0.2) is 46.2 Å². The van der Waals surface area contributed by atoms with E-state index in [9.17, 15) is 0 Å². The van der Waals surface area contributed by atoms with Gasteiger partial charge in [-0.05, 0) is 30.2 Å². The standard InChI is InChI=1S/C12H12N2O2/c15-14-9-12-6-5-11(16-12)4-3-10-2-1-7-13-8-10/h1-2,5-9,15H,3-4H2/b14-9+. The summed E-state index contributed by atoms with van der Waals surface area (Å²) in [6.07, 6.45) is 6.57. The summed E-state index contributed by atoms with van der Waals surface area (Å²) in [7, 11) is 0. The summed E-state index contributed by atoms with van der Waals surface area (Å²) in [5, 5.41) is 11.2. The third kappa shape index (κ3) is 2.70. The van der Waals surface area contributed by atoms with E-state index in [1.807, 2.05) is 24.4 Å². The summed E-state index contributed by atoms with van der Waals surface area (Å²) in [5.74, 6) is 1.43. The Labute approximate surface area is 93.2 Å². The Bertz CT molecular complexity index is 463. The van der Waals surface area contributed by atoms with Crippen molar-refractivity contribution in [1.82, 2.24) is 4.98 Å². The fourth-order valence-electron chi connectivity index (χ4n) is 1.47. The van der Waals surface area contributed by atoms with E-state index in [-0.39, 0.29) is 0 Å². The van der Waals surface area contributed by atoms with Crippen LogP contribution in [0.3, 0.4) is 0 Å². The molecule has 0 saturated carbocycles. The van der Waals surface area contributed by atoms with Gasteiger partial charge in [-0.15, -0.1) is 0 Å². The molecule has 0 aliphatic carbocycles. The van der Waals surface area contributed by atoms with Gasteiger partial charge in [-0.25, -0.2) is 0 Å². The van der Waals surface area contributed by atoms with Gasteiger partial charge in [0.05, 0.1) is 0 Å². The van der Waals surface area contributed by atoms with Crippen LogP contribution in [0.5, 0.6) is 0 Å². The maximum Gasteiger partial charge on any atom is 0.148 e. The van der Waals surface area contributed by atoms with Gasteiger partial charge < -0.3 is 9.62 Å². The van der Waals surface area contributed by atoms with Crippen molar-refractivity contribution in [3.05, 3.63) is 53.7 Å². The number of hydrogen-bond acceptors (Lipinski definition) is 4. The summed E-state index contributed by atoms with van der Waals surface area (Å²) >= 11 is 0. The van der Waals surface area contributed by atoms with Crippen LogP contribution in [0.1, 0.15) is 17.1 Å². The first-order valence-electron chi connectivity index (χ1n) is 5.03. The largest absolute Gasteiger partial charge is 0.460 e. The smallest absolute Gasteiger partial charge is 0.148 e. The number of rotatable bonds is 4. The molecule has 2 aromatic rings. The SMILES string of the molecule is O/N=C/c1ccc(CCc2cccnc2)o1. The molecule has 0 fully saturated rings. The Morgan fingerprint density at radius 1 is 1.31 bits per heavy atom. The van der Waals surface area contributed by atoms with E-state index in [2.05, 4.69) is 10.1 Å². The minimum Gasteiger partial charge on any atom is -0.460 e. The zero-order chi connectivity index (χ0) is 11.2. The summed E-state index contributed by atoms with van der Waals surface area (Å²) < 4.78 is 5.42. The fourth-order valence-corrected chi connectivity index (χ4v) is 1.47. The van der Waals surface area contributed by atoms with Gasteiger partial charge >= 0.3 is 0 Å². The molecule has 4 nitrogen and oxygen atoms in total. The highest BCUT2D eigenvalue weighted by Gasteiger charge is 2.01. The number of pyridine rings is 1. The molecule has 0 bridgehead atoms. The summed E-state index contributed by atoms with van der Waals surface area (Å²) in [6.45, 7) is 0. The number of furan rings is 1. The van der Waals surface area contributed by atoms with Gasteiger partial charge in [-0.3, -0.25) is 4.98 Å². The van der Waals surface area contributed by atoms with Crippen molar-refractivity contribution >= 4 is 6.21 Å². The van der Waals surface area contributed by atoms with Gasteiger partial charge in [0.25, 0.3) is 0 Å². The molecule has 0 atom stereocenters. The highest BCUT2D eigenvalue weighted by molar-refractivity contribution is 5.75. The normalized spacial score (nSPS) is 11.0. The monoisotopic (exact) mass is 216 g/mol. The molecule has 16 heavy (non-hydrogen) atoms. The molecule has 0 radical (unpaired) electrons. The van der Waals surface area contributed by atoms with E-state index in [0.717, 1.165) is 18.6 Å². The van der Waals surface area contributed by atoms with E-state index in [0.29, 0.717) is 5.76 Å². The Hall–Kier alpha value is -2.10. The van der Waals surface area contributed by atoms with Crippen LogP contribution in [0.25, 0.3) is 0 Å². The van der Waals surface area contributed by atoms with Crippen LogP contribution in [0.4, 0.5) is 0 Å². The molecule has 4 heteroatoms. The van der Waals surface area contributed by atoms with E-state index < -0.39 is 0 Å². The molecule has 0 aliphatic heterocycles. The van der Waals surface area contributed by atoms with Crippen molar-refractivity contribution in [1.29, 1.82) is 0 Å². The van der Waals surface area contributed by atoms with Gasteiger partial charge in [-0.1, -0.05) is 11.2 Å². The van der Waals surface area contributed by atoms with E-state index in [4.69, 9.17) is 9.62 Å². The number of nitrogens with zero attached hydrogens (tertiary/aromatic N) is 2. The lowest BCUT2D eigenvalue weighted by molar-refractivity contribution is 0.320. The maximum absolute atomic E-state index is 8.34. The highest BCUT2D eigenvalue weighted by Crippen LogP contribution is 2.09. The topological polar surface area (TPSA) is 58.6 Å². The third-order valence-electron chi connectivity index (χ3n) is 2.25. The maximum atomic E-state index is 8.34. The lowest BCUT2D eigenvalue weighted by Gasteiger charge is -1.97. The Balaban J connectivity index is 1.94. The van der Waals surface area contributed by atoms with Crippen molar-refractivity contribution in [2.45, 2.75) is 12.8 Å². The van der Waals surface area contributed by atoms with E-state index in [1.165, 1.54) is 11.8 Å². The van der Waals surface area contributed by atoms with Crippen molar-refractivity contribution in [3.63, 3.8) is 0 Å². The molecule has 2 rings (SSSR count). The van der Waals surface area contributed by atoms with E-state index >= 15 is 0 Å². The molecular weight excluding hydrogens is 204 g/mol. The average molecular weight is 216 g/mol. The van der Waals surface area contributed by atoms with Crippen molar-refractivity contribution < 1.29 is 9.62 Å². The predicted molar refractivity (Wildman–Crippen MR) is 59.7 cm³/mol. The van der Waals surface area contributed by atoms with Crippen LogP contribution < -0.4 is 0 Å². The van der Waals surface area contributed by atoms with Crippen LogP contribution in [0, 0.1) is 0 Å². The summed E-state index contributed by atoms with van der Waals surface area (Å²) in [5.41, 5.74) is 1.18. The second-order valence-corrected chi connectivity index (χ2v) is 3.41. The van der Waals surface area contributed by atoms with Crippen molar-refractivity contribution in [3.8, 4) is 0 Å². The average Bonchev–Trinajstić information content (AvgIpc) is 2.76. The molecule has 1 N–H and O–H groups in total. The fraction of sp³-hybridized carbons (Fsp3) is 0.167. The molecule has 0 saturated heterocycles. The third-order valence-corrected chi connectivity index (χ3v) is 2.25. The molecule has 82 valence electrons. The molecule has 0 aromatic carbocycles. The van der Waals surface area contributed by atoms with Crippen LogP contribution in [-0.2, 0) is 12.8 Å². The van der Waals surface area contributed by atoms with E-state index in [1.54, 1.807) is 12.3 Å². The summed E-state index contributed by atoms with van der Waals surface area (Å²) in [4.78, 5) is 4.05. The van der Waals surface area contributed by atoms with Gasteiger partial charge in [0.15, 0.2) is 0 Å². The number of hydrogen-bond donors (Lipinski definition) is 1.